The van der Waals surface area contributed by atoms with Crippen LogP contribution in [0.1, 0.15) is 179 Å². The van der Waals surface area contributed by atoms with Gasteiger partial charge in [0, 0.05) is 118 Å². The van der Waals surface area contributed by atoms with Crippen LogP contribution < -0.4 is 51.4 Å². The van der Waals surface area contributed by atoms with Crippen molar-refractivity contribution < 1.29 is 111 Å². The van der Waals surface area contributed by atoms with Crippen molar-refractivity contribution >= 4 is 59.8 Å². The molecule has 2 saturated heterocycles. The zero-order valence-electron chi connectivity index (χ0n) is 54.5. The second kappa shape index (κ2) is 36.6. The van der Waals surface area contributed by atoms with E-state index in [4.69, 9.17) is 42.5 Å². The van der Waals surface area contributed by atoms with Crippen LogP contribution >= 0.6 is 0 Å². The van der Waals surface area contributed by atoms with E-state index in [1.807, 2.05) is 0 Å². The molecule has 0 aromatic heterocycles. The summed E-state index contributed by atoms with van der Waals surface area (Å²) in [6.45, 7) is 94.3. The van der Waals surface area contributed by atoms with Crippen molar-refractivity contribution in [3.8, 4) is 0 Å². The van der Waals surface area contributed by atoms with Crippen molar-refractivity contribution in [1.82, 2.24) is 0 Å². The Morgan fingerprint density at radius 2 is 0.479 bits per heavy atom. The molecule has 0 N–H and O–H groups in total. The van der Waals surface area contributed by atoms with E-state index >= 15 is 0 Å². The summed E-state index contributed by atoms with van der Waals surface area (Å²) in [5, 5.41) is 3.53. The van der Waals surface area contributed by atoms with Gasteiger partial charge in [-0.1, -0.05) is 192 Å². The van der Waals surface area contributed by atoms with Crippen molar-refractivity contribution in [3.63, 3.8) is 0 Å². The van der Waals surface area contributed by atoms with Gasteiger partial charge >= 0.3 is 74.0 Å². The van der Waals surface area contributed by atoms with Gasteiger partial charge in [-0.3, -0.25) is 0 Å². The first-order chi connectivity index (χ1) is 31.8. The zero-order chi connectivity index (χ0) is 57.7. The van der Waals surface area contributed by atoms with Crippen LogP contribution in [0.15, 0.2) is 0 Å². The van der Waals surface area contributed by atoms with Gasteiger partial charge in [-0.25, -0.2) is 0 Å². The van der Waals surface area contributed by atoms with Gasteiger partial charge in [-0.15, -0.1) is 0 Å². The molecule has 9 nitrogen and oxygen atoms in total. The van der Waals surface area contributed by atoms with E-state index in [0.29, 0.717) is 93.2 Å². The predicted molar refractivity (Wildman–Crippen MR) is 324 cm³/mol. The SMILES string of the molecule is C1CCOC1.CC(C)(C)[Si](C)([Si]1[Si]([Si](C)(C(C)(C)C)C(C)(C)C)[Si]([Si](C)(C(C)(C)C)C(C)(C)C)[Si]1[Si](C)(C(C)(C)C)C(C)(C)C)C(C)(C)C.COCCOCCOC.COCCOCCOC.[C-]#[O+].[C-]#[O+].[Co].[K+]. The van der Waals surface area contributed by atoms with Gasteiger partial charge in [0.2, 0.25) is 0 Å². The van der Waals surface area contributed by atoms with Crippen molar-refractivity contribution in [3.05, 3.63) is 13.3 Å². The van der Waals surface area contributed by atoms with E-state index in [1.54, 1.807) is 28.4 Å². The van der Waals surface area contributed by atoms with Crippen molar-refractivity contribution in [2.75, 3.05) is 94.5 Å². The van der Waals surface area contributed by atoms with Crippen LogP contribution in [0.5, 0.6) is 0 Å². The average molecular weight is 1240 g/mol. The molecule has 2 aliphatic rings. The van der Waals surface area contributed by atoms with Crippen LogP contribution in [0.3, 0.4) is 0 Å². The van der Waals surface area contributed by atoms with E-state index in [-0.39, 0.29) is 68.2 Å². The van der Waals surface area contributed by atoms with Gasteiger partial charge < -0.3 is 33.2 Å². The Bertz CT molecular complexity index is 1190. The molecule has 0 aromatic carbocycles. The van der Waals surface area contributed by atoms with Gasteiger partial charge in [0.15, 0.2) is 0 Å². The fourth-order valence-corrected chi connectivity index (χ4v) is 354. The molecule has 2 rings (SSSR count). The van der Waals surface area contributed by atoms with Crippen LogP contribution in [0.4, 0.5) is 0 Å². The van der Waals surface area contributed by atoms with Crippen molar-refractivity contribution in [2.45, 2.75) is 246 Å². The topological polar surface area (TPSA) is 104 Å². The van der Waals surface area contributed by atoms with Crippen molar-refractivity contribution in [2.24, 2.45) is 0 Å². The first-order valence-electron chi connectivity index (χ1n) is 26.4. The molecule has 2 heterocycles. The minimum Gasteiger partial charge on any atom is 0 e. The van der Waals surface area contributed by atoms with Gasteiger partial charge in [-0.2, -0.15) is 0 Å². The fraction of sp³-hybridized carbons (Fsp3) is 0.963. The van der Waals surface area contributed by atoms with Crippen LogP contribution in [0, 0.1) is 13.3 Å². The largest absolute Gasteiger partial charge is 1.00 e. The van der Waals surface area contributed by atoms with Gasteiger partial charge in [0.05, 0.1) is 52.9 Å². The third-order valence-electron chi connectivity index (χ3n) is 17.6. The summed E-state index contributed by atoms with van der Waals surface area (Å²) >= 11 is 0. The summed E-state index contributed by atoms with van der Waals surface area (Å²) in [5.41, 5.74) is 0. The number of hydrogen-bond acceptors (Lipinski definition) is 7. The number of rotatable bonds is 16. The Balaban J connectivity index is -0.000000313. The first-order valence-corrected chi connectivity index (χ1v) is 50.4. The Morgan fingerprint density at radius 3 is 0.562 bits per heavy atom. The zero-order valence-corrected chi connectivity index (χ0v) is 66.7. The molecule has 19 heteroatoms. The number of ether oxygens (including phenoxy) is 7. The fourth-order valence-electron chi connectivity index (χ4n) is 11.2. The van der Waals surface area contributed by atoms with Crippen LogP contribution in [0.2, 0.25) is 66.5 Å². The van der Waals surface area contributed by atoms with Crippen LogP contribution in [0.25, 0.3) is 0 Å². The summed E-state index contributed by atoms with van der Waals surface area (Å²) in [6, 6.07) is 0. The molecule has 2 fully saturated rings. The monoisotopic (exact) mass is 1230 g/mol. The normalized spacial score (nSPS) is 16.2. The smallest absolute Gasteiger partial charge is 0 e. The molecule has 73 heavy (non-hydrogen) atoms. The molecule has 431 valence electrons. The van der Waals surface area contributed by atoms with E-state index in [9.17, 15) is 0 Å². The summed E-state index contributed by atoms with van der Waals surface area (Å²) in [5.74, 6) is 0. The predicted octanol–water partition coefficient (Wildman–Crippen LogP) is 11.6. The molecule has 0 amide bonds. The van der Waals surface area contributed by atoms with E-state index in [2.05, 4.69) is 206 Å². The Hall–Kier alpha value is 3.08. The van der Waals surface area contributed by atoms with E-state index in [0.717, 1.165) is 13.2 Å². The molecule has 0 saturated carbocycles. The molecule has 0 aliphatic carbocycles. The Labute approximate surface area is 518 Å². The Kier molecular flexibility index (Phi) is 43.8. The first kappa shape index (κ1) is 87.3. The van der Waals surface area contributed by atoms with Gasteiger partial charge in [0.1, 0.15) is 0 Å². The van der Waals surface area contributed by atoms with E-state index in [1.165, 1.54) is 12.8 Å². The maximum Gasteiger partial charge on any atom is 1.00 e. The van der Waals surface area contributed by atoms with Gasteiger partial charge in [-0.05, 0) is 53.1 Å². The number of hydrogen-bond donors (Lipinski definition) is 0. The standard InChI is InChI=1S/C36H84Si8.2C6H14O3.C4H8O.2CO.Co.K/c1-29(2,3)41(25,30(4,5)6)37-38(42(26,31(7,8)9)32(10,11)12)40(44(28,35(19,20)21)36(22,23)24)39(37)43(27,33(13,14)15)34(16,17)18;2*1-7-3-5-9-6-4-8-2;1-2-4-5-3-1;2*1-2;;/h1-28H3;2*3-6H2,1-2H3;1-4H2;;;;/q;;;;;;;+1. The third kappa shape index (κ3) is 23.0. The summed E-state index contributed by atoms with van der Waals surface area (Å²) in [7, 11) is -2.52. The molecule has 5 radical (unpaired) electrons. The molecule has 2 aliphatic heterocycles. The average Bonchev–Trinajstić information content (AvgIpc) is 3.80. The maximum absolute atomic E-state index is 7.50. The third-order valence-corrected chi connectivity index (χ3v) is 192. The quantitative estimate of drug-likeness (QED) is 0.0656. The molecule has 0 spiro atoms. The summed E-state index contributed by atoms with van der Waals surface area (Å²) < 4.78 is 49.1. The van der Waals surface area contributed by atoms with Crippen molar-refractivity contribution in [1.29, 1.82) is 0 Å². The molecule has 0 aromatic rings. The Morgan fingerprint density at radius 1 is 0.342 bits per heavy atom. The molecule has 0 atom stereocenters. The molecule has 0 unspecified atom stereocenters. The second-order valence-electron chi connectivity index (χ2n) is 28.5. The van der Waals surface area contributed by atoms with E-state index < -0.39 is 59.8 Å². The van der Waals surface area contributed by atoms with Crippen LogP contribution in [-0.4, -0.2) is 154 Å². The summed E-state index contributed by atoms with van der Waals surface area (Å²) in [4.78, 5) is 0. The number of methoxy groups -OCH3 is 4. The second-order valence-corrected chi connectivity index (χ2v) is 101. The summed E-state index contributed by atoms with van der Waals surface area (Å²) in [6.07, 6.45) is 2.56. The maximum atomic E-state index is 7.50. The minimum atomic E-state index is -1.76. The minimum absolute atomic E-state index is 0. The molecule has 0 bridgehead atoms. The van der Waals surface area contributed by atoms with Crippen LogP contribution in [-0.2, 0) is 59.2 Å². The van der Waals surface area contributed by atoms with Gasteiger partial charge in [0.25, 0.3) is 0 Å². The molecular formula is C54H120CoKO9Si8+. The molecular weight excluding hydrogens is 1120 g/mol.